The Labute approximate surface area is 90.9 Å². The van der Waals surface area contributed by atoms with Crippen molar-refractivity contribution in [2.24, 2.45) is 0 Å². The summed E-state index contributed by atoms with van der Waals surface area (Å²) in [4.78, 5) is 21.8. The molecular weight excluding hydrogens is 214 g/mol. The number of methoxy groups -OCH3 is 1. The number of Topliss-reactive ketones (excluding diaryl/α,β-unsaturated/α-hetero) is 1. The molecule has 0 amide bonds. The van der Waals surface area contributed by atoms with E-state index in [1.807, 2.05) is 0 Å². The van der Waals surface area contributed by atoms with E-state index >= 15 is 0 Å². The molecule has 0 bridgehead atoms. The van der Waals surface area contributed by atoms with E-state index in [1.54, 1.807) is 0 Å². The first kappa shape index (κ1) is 10.6. The van der Waals surface area contributed by atoms with E-state index in [-0.39, 0.29) is 23.6 Å². The van der Waals surface area contributed by atoms with Gasteiger partial charge in [0.25, 0.3) is 5.69 Å². The fourth-order valence-corrected chi connectivity index (χ4v) is 1.54. The van der Waals surface area contributed by atoms with Gasteiger partial charge in [-0.15, -0.1) is 0 Å². The number of carbonyl (C=O) groups excluding carboxylic acids is 1. The van der Waals surface area contributed by atoms with E-state index in [0.29, 0.717) is 5.75 Å². The standard InChI is InChI=1S/C10H9NO5/c1-15-9-5-16-8-3-2-6(11(13)14)4-7(8)10(9)12/h2-4,9H,5H2,1H3. The minimum atomic E-state index is -0.686. The van der Waals surface area contributed by atoms with Crippen LogP contribution in [-0.2, 0) is 4.74 Å². The summed E-state index contributed by atoms with van der Waals surface area (Å²) in [5.41, 5.74) is 0.0692. The molecule has 0 saturated heterocycles. The Hall–Kier alpha value is -1.95. The summed E-state index contributed by atoms with van der Waals surface area (Å²) in [5.74, 6) is 0.0800. The Balaban J connectivity index is 2.44. The zero-order valence-electron chi connectivity index (χ0n) is 8.50. The fraction of sp³-hybridized carbons (Fsp3) is 0.300. The minimum Gasteiger partial charge on any atom is -0.490 e. The SMILES string of the molecule is COC1COc2ccc([N+](=O)[O-])cc2C1=O. The maximum absolute atomic E-state index is 11.8. The van der Waals surface area contributed by atoms with E-state index in [2.05, 4.69) is 0 Å². The third-order valence-corrected chi connectivity index (χ3v) is 2.41. The van der Waals surface area contributed by atoms with Crippen LogP contribution in [0.15, 0.2) is 18.2 Å². The number of nitro benzene ring substituents is 1. The molecule has 16 heavy (non-hydrogen) atoms. The van der Waals surface area contributed by atoms with Gasteiger partial charge in [-0.1, -0.05) is 0 Å². The molecule has 1 atom stereocenters. The van der Waals surface area contributed by atoms with Crippen molar-refractivity contribution in [3.63, 3.8) is 0 Å². The molecule has 0 aromatic heterocycles. The molecule has 0 N–H and O–H groups in total. The maximum atomic E-state index is 11.8. The maximum Gasteiger partial charge on any atom is 0.270 e. The first-order chi connectivity index (χ1) is 7.63. The number of hydrogen-bond acceptors (Lipinski definition) is 5. The monoisotopic (exact) mass is 223 g/mol. The molecule has 1 unspecified atom stereocenters. The highest BCUT2D eigenvalue weighted by molar-refractivity contribution is 6.03. The first-order valence-corrected chi connectivity index (χ1v) is 4.61. The fourth-order valence-electron chi connectivity index (χ4n) is 1.54. The molecule has 1 heterocycles. The molecule has 1 aromatic carbocycles. The van der Waals surface area contributed by atoms with Gasteiger partial charge >= 0.3 is 0 Å². The lowest BCUT2D eigenvalue weighted by atomic mass is 10.0. The normalized spacial score (nSPS) is 18.8. The number of nitro groups is 1. The van der Waals surface area contributed by atoms with Crippen LogP contribution >= 0.6 is 0 Å². The number of carbonyl (C=O) groups is 1. The lowest BCUT2D eigenvalue weighted by Gasteiger charge is -2.22. The summed E-state index contributed by atoms with van der Waals surface area (Å²) in [5, 5.41) is 10.6. The van der Waals surface area contributed by atoms with Gasteiger partial charge in [0.15, 0.2) is 11.9 Å². The van der Waals surface area contributed by atoms with Gasteiger partial charge in [0.1, 0.15) is 12.4 Å². The van der Waals surface area contributed by atoms with Gasteiger partial charge < -0.3 is 9.47 Å². The first-order valence-electron chi connectivity index (χ1n) is 4.61. The van der Waals surface area contributed by atoms with Gasteiger partial charge in [0.05, 0.1) is 10.5 Å². The molecule has 84 valence electrons. The van der Waals surface area contributed by atoms with Crippen LogP contribution in [0.2, 0.25) is 0 Å². The van der Waals surface area contributed by atoms with Crippen molar-refractivity contribution < 1.29 is 19.2 Å². The van der Waals surface area contributed by atoms with Gasteiger partial charge in [-0.2, -0.15) is 0 Å². The van der Waals surface area contributed by atoms with Crippen molar-refractivity contribution in [3.05, 3.63) is 33.9 Å². The number of benzene rings is 1. The molecule has 0 aliphatic carbocycles. The molecular formula is C10H9NO5. The Morgan fingerprint density at radius 2 is 2.31 bits per heavy atom. The Kier molecular flexibility index (Phi) is 2.57. The predicted molar refractivity (Wildman–Crippen MR) is 53.7 cm³/mol. The number of nitrogens with zero attached hydrogens (tertiary/aromatic N) is 1. The third-order valence-electron chi connectivity index (χ3n) is 2.41. The summed E-state index contributed by atoms with van der Waals surface area (Å²) in [6.07, 6.45) is -0.686. The number of ether oxygens (including phenoxy) is 2. The van der Waals surface area contributed by atoms with E-state index < -0.39 is 11.0 Å². The molecule has 1 aliphatic heterocycles. The summed E-state index contributed by atoms with van der Waals surface area (Å²) < 4.78 is 10.2. The van der Waals surface area contributed by atoms with Gasteiger partial charge in [0.2, 0.25) is 0 Å². The van der Waals surface area contributed by atoms with Crippen molar-refractivity contribution in [2.45, 2.75) is 6.10 Å². The van der Waals surface area contributed by atoms with E-state index in [4.69, 9.17) is 9.47 Å². The second-order valence-electron chi connectivity index (χ2n) is 3.34. The van der Waals surface area contributed by atoms with Crippen LogP contribution in [0.4, 0.5) is 5.69 Å². The highest BCUT2D eigenvalue weighted by Gasteiger charge is 2.30. The zero-order chi connectivity index (χ0) is 11.7. The van der Waals surface area contributed by atoms with Crippen LogP contribution in [0.5, 0.6) is 5.75 Å². The molecule has 1 aromatic rings. The van der Waals surface area contributed by atoms with Gasteiger partial charge in [-0.25, -0.2) is 0 Å². The van der Waals surface area contributed by atoms with Crippen molar-refractivity contribution in [1.29, 1.82) is 0 Å². The summed E-state index contributed by atoms with van der Waals surface area (Å²) in [6, 6.07) is 3.94. The smallest absolute Gasteiger partial charge is 0.270 e. The number of fused-ring (bicyclic) bond motifs is 1. The summed E-state index contributed by atoms with van der Waals surface area (Å²) in [7, 11) is 1.40. The van der Waals surface area contributed by atoms with Crippen molar-refractivity contribution in [1.82, 2.24) is 0 Å². The number of rotatable bonds is 2. The second-order valence-corrected chi connectivity index (χ2v) is 3.34. The van der Waals surface area contributed by atoms with Gasteiger partial charge in [0, 0.05) is 19.2 Å². The van der Waals surface area contributed by atoms with Gasteiger partial charge in [-0.05, 0) is 6.07 Å². The quantitative estimate of drug-likeness (QED) is 0.555. The van der Waals surface area contributed by atoms with Crippen LogP contribution < -0.4 is 4.74 Å². The molecule has 0 radical (unpaired) electrons. The predicted octanol–water partition coefficient (Wildman–Crippen LogP) is 1.18. The van der Waals surface area contributed by atoms with E-state index in [0.717, 1.165) is 0 Å². The van der Waals surface area contributed by atoms with Crippen LogP contribution in [0.1, 0.15) is 10.4 Å². The Morgan fingerprint density at radius 1 is 1.56 bits per heavy atom. The zero-order valence-corrected chi connectivity index (χ0v) is 8.50. The van der Waals surface area contributed by atoms with Crippen molar-refractivity contribution in [2.75, 3.05) is 13.7 Å². The largest absolute Gasteiger partial charge is 0.490 e. The molecule has 0 fully saturated rings. The lowest BCUT2D eigenvalue weighted by Crippen LogP contribution is -2.34. The number of ketones is 1. The summed E-state index contributed by atoms with van der Waals surface area (Å²) in [6.45, 7) is 0.139. The second kappa shape index (κ2) is 3.90. The molecule has 6 heteroatoms. The average Bonchev–Trinajstić information content (AvgIpc) is 2.29. The van der Waals surface area contributed by atoms with E-state index in [1.165, 1.54) is 25.3 Å². The molecule has 0 spiro atoms. The molecule has 0 saturated carbocycles. The average molecular weight is 223 g/mol. The highest BCUT2D eigenvalue weighted by Crippen LogP contribution is 2.29. The van der Waals surface area contributed by atoms with Crippen LogP contribution in [0.3, 0.4) is 0 Å². The number of hydrogen-bond donors (Lipinski definition) is 0. The molecule has 1 aliphatic rings. The number of non-ortho nitro benzene ring substituents is 1. The van der Waals surface area contributed by atoms with Crippen molar-refractivity contribution in [3.8, 4) is 5.75 Å². The topological polar surface area (TPSA) is 78.7 Å². The Bertz CT molecular complexity index is 457. The lowest BCUT2D eigenvalue weighted by molar-refractivity contribution is -0.384. The van der Waals surface area contributed by atoms with E-state index in [9.17, 15) is 14.9 Å². The molecule has 2 rings (SSSR count). The third kappa shape index (κ3) is 1.63. The Morgan fingerprint density at radius 3 is 2.94 bits per heavy atom. The highest BCUT2D eigenvalue weighted by atomic mass is 16.6. The van der Waals surface area contributed by atoms with Crippen LogP contribution in [-0.4, -0.2) is 30.5 Å². The molecule has 6 nitrogen and oxygen atoms in total. The minimum absolute atomic E-state index is 0.132. The summed E-state index contributed by atoms with van der Waals surface area (Å²) >= 11 is 0. The van der Waals surface area contributed by atoms with Crippen molar-refractivity contribution >= 4 is 11.5 Å². The van der Waals surface area contributed by atoms with Crippen LogP contribution in [0, 0.1) is 10.1 Å². The van der Waals surface area contributed by atoms with Gasteiger partial charge in [-0.3, -0.25) is 14.9 Å². The van der Waals surface area contributed by atoms with Crippen LogP contribution in [0.25, 0.3) is 0 Å².